The van der Waals surface area contributed by atoms with E-state index >= 15 is 0 Å². The molecule has 4 rings (SSSR count). The van der Waals surface area contributed by atoms with E-state index in [2.05, 4.69) is 62.5 Å². The van der Waals surface area contributed by atoms with Crippen LogP contribution >= 0.6 is 0 Å². The summed E-state index contributed by atoms with van der Waals surface area (Å²) >= 11 is 0. The molecule has 5 atom stereocenters. The lowest BCUT2D eigenvalue weighted by Gasteiger charge is -2.43. The van der Waals surface area contributed by atoms with Gasteiger partial charge in [-0.05, 0) is 41.4 Å². The first-order valence-electron chi connectivity index (χ1n) is 9.40. The molecule has 2 aliphatic rings. The van der Waals surface area contributed by atoms with Crippen molar-refractivity contribution in [1.82, 2.24) is 0 Å². The van der Waals surface area contributed by atoms with Crippen LogP contribution in [-0.2, 0) is 4.79 Å². The standard InChI is InChI=1S/C23H27NO/c1-15-18-14-19(23(15,2)3)20(22(18)25)21(16-10-6-4-7-11-16)24-17-12-8-5-9-13-17/h4-13,15,18-21,24H,14H2,1-3H3/t15-,18+,19+,20-,21-/m1/s1. The molecule has 130 valence electrons. The van der Waals surface area contributed by atoms with E-state index in [-0.39, 0.29) is 23.3 Å². The van der Waals surface area contributed by atoms with Gasteiger partial charge in [-0.2, -0.15) is 0 Å². The zero-order chi connectivity index (χ0) is 17.6. The highest BCUT2D eigenvalue weighted by atomic mass is 16.1. The lowest BCUT2D eigenvalue weighted by Crippen LogP contribution is -2.43. The highest BCUT2D eigenvalue weighted by Gasteiger charge is 2.61. The average molecular weight is 333 g/mol. The zero-order valence-corrected chi connectivity index (χ0v) is 15.3. The van der Waals surface area contributed by atoms with Crippen molar-refractivity contribution in [3.05, 3.63) is 66.2 Å². The van der Waals surface area contributed by atoms with Crippen molar-refractivity contribution in [2.75, 3.05) is 5.32 Å². The molecule has 2 aromatic rings. The van der Waals surface area contributed by atoms with E-state index in [1.807, 2.05) is 24.3 Å². The van der Waals surface area contributed by atoms with Gasteiger partial charge in [0.1, 0.15) is 5.78 Å². The fraction of sp³-hybridized carbons (Fsp3) is 0.435. The topological polar surface area (TPSA) is 29.1 Å². The van der Waals surface area contributed by atoms with E-state index in [9.17, 15) is 4.79 Å². The van der Waals surface area contributed by atoms with Crippen molar-refractivity contribution in [1.29, 1.82) is 0 Å². The third kappa shape index (κ3) is 2.59. The Morgan fingerprint density at radius 1 is 1.00 bits per heavy atom. The number of carbonyl (C=O) groups is 1. The molecule has 2 bridgehead atoms. The summed E-state index contributed by atoms with van der Waals surface area (Å²) in [5.74, 6) is 1.68. The molecule has 1 N–H and O–H groups in total. The fourth-order valence-corrected chi connectivity index (χ4v) is 5.21. The van der Waals surface area contributed by atoms with E-state index < -0.39 is 0 Å². The summed E-state index contributed by atoms with van der Waals surface area (Å²) in [5.41, 5.74) is 2.51. The van der Waals surface area contributed by atoms with E-state index in [1.54, 1.807) is 0 Å². The summed E-state index contributed by atoms with van der Waals surface area (Å²) in [4.78, 5) is 13.2. The number of carbonyl (C=O) groups excluding carboxylic acids is 1. The van der Waals surface area contributed by atoms with Gasteiger partial charge in [0.2, 0.25) is 0 Å². The van der Waals surface area contributed by atoms with Crippen LogP contribution in [0, 0.1) is 29.1 Å². The van der Waals surface area contributed by atoms with Crippen molar-refractivity contribution >= 4 is 11.5 Å². The minimum absolute atomic E-state index is 0.0397. The summed E-state index contributed by atoms with van der Waals surface area (Å²) in [6, 6.07) is 20.8. The molecular formula is C23H27NO. The van der Waals surface area contributed by atoms with Crippen molar-refractivity contribution in [2.45, 2.75) is 33.2 Å². The van der Waals surface area contributed by atoms with Gasteiger partial charge in [-0.15, -0.1) is 0 Å². The van der Waals surface area contributed by atoms with Gasteiger partial charge in [0.15, 0.2) is 0 Å². The Bertz CT molecular complexity index is 752. The number of hydrogen-bond donors (Lipinski definition) is 1. The van der Waals surface area contributed by atoms with E-state index in [0.29, 0.717) is 17.6 Å². The summed E-state index contributed by atoms with van der Waals surface area (Å²) < 4.78 is 0. The monoisotopic (exact) mass is 333 g/mol. The molecular weight excluding hydrogens is 306 g/mol. The molecule has 2 fully saturated rings. The Morgan fingerprint density at radius 3 is 2.20 bits per heavy atom. The summed E-state index contributed by atoms with van der Waals surface area (Å²) in [6.07, 6.45) is 1.05. The van der Waals surface area contributed by atoms with Crippen LogP contribution in [0.5, 0.6) is 0 Å². The Kier molecular flexibility index (Phi) is 3.94. The third-order valence-electron chi connectivity index (χ3n) is 6.98. The van der Waals surface area contributed by atoms with Gasteiger partial charge in [-0.3, -0.25) is 4.79 Å². The molecule has 0 saturated heterocycles. The van der Waals surface area contributed by atoms with Gasteiger partial charge in [0.05, 0.1) is 6.04 Å². The second-order valence-corrected chi connectivity index (χ2v) is 8.39. The average Bonchev–Trinajstić information content (AvgIpc) is 3.08. The molecule has 2 nitrogen and oxygen atoms in total. The summed E-state index contributed by atoms with van der Waals surface area (Å²) in [7, 11) is 0. The number of para-hydroxylation sites is 1. The van der Waals surface area contributed by atoms with Gasteiger partial charge in [0.25, 0.3) is 0 Å². The van der Waals surface area contributed by atoms with Crippen molar-refractivity contribution in [3.63, 3.8) is 0 Å². The Balaban J connectivity index is 1.73. The van der Waals surface area contributed by atoms with Crippen LogP contribution in [0.2, 0.25) is 0 Å². The lowest BCUT2D eigenvalue weighted by atomic mass is 9.62. The number of rotatable bonds is 4. The molecule has 0 radical (unpaired) electrons. The maximum absolute atomic E-state index is 13.2. The first-order chi connectivity index (χ1) is 12.0. The molecule has 0 aromatic heterocycles. The number of Topliss-reactive ketones (excluding diaryl/α,β-unsaturated/α-hetero) is 1. The van der Waals surface area contributed by atoms with Crippen LogP contribution in [0.1, 0.15) is 38.8 Å². The minimum atomic E-state index is 0.0397. The van der Waals surface area contributed by atoms with Crippen molar-refractivity contribution < 1.29 is 4.79 Å². The summed E-state index contributed by atoms with van der Waals surface area (Å²) in [5, 5.41) is 3.68. The Morgan fingerprint density at radius 2 is 1.60 bits per heavy atom. The second-order valence-electron chi connectivity index (χ2n) is 8.39. The van der Waals surface area contributed by atoms with E-state index in [4.69, 9.17) is 0 Å². The molecule has 0 amide bonds. The maximum Gasteiger partial charge on any atom is 0.142 e. The largest absolute Gasteiger partial charge is 0.377 e. The first-order valence-corrected chi connectivity index (χ1v) is 9.40. The van der Waals surface area contributed by atoms with Crippen LogP contribution in [0.25, 0.3) is 0 Å². The number of hydrogen-bond acceptors (Lipinski definition) is 2. The third-order valence-corrected chi connectivity index (χ3v) is 6.98. The van der Waals surface area contributed by atoms with Crippen LogP contribution in [0.3, 0.4) is 0 Å². The molecule has 0 spiro atoms. The first kappa shape index (κ1) is 16.4. The van der Waals surface area contributed by atoms with Gasteiger partial charge in [-0.1, -0.05) is 69.3 Å². The van der Waals surface area contributed by atoms with E-state index in [1.165, 1.54) is 5.56 Å². The molecule has 2 aromatic carbocycles. The number of benzene rings is 2. The fourth-order valence-electron chi connectivity index (χ4n) is 5.21. The van der Waals surface area contributed by atoms with Gasteiger partial charge >= 0.3 is 0 Å². The molecule has 25 heavy (non-hydrogen) atoms. The Hall–Kier alpha value is -2.09. The van der Waals surface area contributed by atoms with Gasteiger partial charge in [0, 0.05) is 17.5 Å². The van der Waals surface area contributed by atoms with Gasteiger partial charge in [-0.25, -0.2) is 0 Å². The molecule has 0 unspecified atom stereocenters. The molecule has 0 heterocycles. The van der Waals surface area contributed by atoms with Crippen LogP contribution in [0.4, 0.5) is 5.69 Å². The summed E-state index contributed by atoms with van der Waals surface area (Å²) in [6.45, 7) is 6.97. The molecule has 2 aliphatic carbocycles. The molecule has 2 heteroatoms. The molecule has 2 saturated carbocycles. The van der Waals surface area contributed by atoms with Crippen molar-refractivity contribution in [2.24, 2.45) is 29.1 Å². The van der Waals surface area contributed by atoms with Crippen LogP contribution in [0.15, 0.2) is 60.7 Å². The highest BCUT2D eigenvalue weighted by molar-refractivity contribution is 5.89. The predicted octanol–water partition coefficient (Wildman–Crippen LogP) is 5.34. The highest BCUT2D eigenvalue weighted by Crippen LogP contribution is 2.62. The number of anilines is 1. The SMILES string of the molecule is C[C@@H]1[C@@H]2C[C@@H]([C@H]([C@H](Nc3ccccc3)c3ccccc3)C2=O)C1(C)C. The number of ketones is 1. The number of fused-ring (bicyclic) bond motifs is 2. The zero-order valence-electron chi connectivity index (χ0n) is 15.3. The number of nitrogens with one attached hydrogen (secondary N) is 1. The quantitative estimate of drug-likeness (QED) is 0.818. The van der Waals surface area contributed by atoms with Gasteiger partial charge < -0.3 is 5.32 Å². The maximum atomic E-state index is 13.2. The Labute approximate surface area is 150 Å². The van der Waals surface area contributed by atoms with Crippen LogP contribution in [-0.4, -0.2) is 5.78 Å². The molecule has 0 aliphatic heterocycles. The predicted molar refractivity (Wildman–Crippen MR) is 102 cm³/mol. The normalized spacial score (nSPS) is 31.1. The second kappa shape index (κ2) is 6.01. The van der Waals surface area contributed by atoms with Crippen molar-refractivity contribution in [3.8, 4) is 0 Å². The lowest BCUT2D eigenvalue weighted by molar-refractivity contribution is -0.131. The minimum Gasteiger partial charge on any atom is -0.377 e. The van der Waals surface area contributed by atoms with Crippen LogP contribution < -0.4 is 5.32 Å². The smallest absolute Gasteiger partial charge is 0.142 e. The van der Waals surface area contributed by atoms with E-state index in [0.717, 1.165) is 12.1 Å².